The summed E-state index contributed by atoms with van der Waals surface area (Å²) in [6.07, 6.45) is 5.24. The van der Waals surface area contributed by atoms with E-state index in [9.17, 15) is 5.11 Å². The molecule has 1 aromatic rings. The lowest BCUT2D eigenvalue weighted by atomic mass is 10.0. The molecule has 0 spiro atoms. The molecule has 21 heavy (non-hydrogen) atoms. The average molecular weight is 293 g/mol. The van der Waals surface area contributed by atoms with E-state index < -0.39 is 0 Å². The molecular weight excluding hydrogens is 266 g/mol. The standard InChI is InChI=1S/C17H27NO3/c1-12(18-14-7-5-4-6-8-15(14)19)13-9-10-16(20-2)17(11-13)21-3/h9-12,14-15,18-19H,4-8H2,1-3H3. The number of benzene rings is 1. The smallest absolute Gasteiger partial charge is 0.161 e. The van der Waals surface area contributed by atoms with Crippen LogP contribution in [0.25, 0.3) is 0 Å². The molecule has 0 aliphatic heterocycles. The summed E-state index contributed by atoms with van der Waals surface area (Å²) in [5.41, 5.74) is 1.14. The minimum absolute atomic E-state index is 0.169. The Morgan fingerprint density at radius 3 is 2.52 bits per heavy atom. The second kappa shape index (κ2) is 7.66. The fourth-order valence-corrected chi connectivity index (χ4v) is 3.02. The van der Waals surface area contributed by atoms with Gasteiger partial charge < -0.3 is 19.9 Å². The van der Waals surface area contributed by atoms with Gasteiger partial charge in [0.1, 0.15) is 0 Å². The van der Waals surface area contributed by atoms with Gasteiger partial charge in [-0.3, -0.25) is 0 Å². The molecule has 0 radical (unpaired) electrons. The van der Waals surface area contributed by atoms with Crippen LogP contribution in [0, 0.1) is 0 Å². The molecule has 4 nitrogen and oxygen atoms in total. The highest BCUT2D eigenvalue weighted by Crippen LogP contribution is 2.30. The normalized spacial score (nSPS) is 24.2. The van der Waals surface area contributed by atoms with Gasteiger partial charge in [0.2, 0.25) is 0 Å². The van der Waals surface area contributed by atoms with Gasteiger partial charge in [-0.15, -0.1) is 0 Å². The number of methoxy groups -OCH3 is 2. The predicted octanol–water partition coefficient (Wildman–Crippen LogP) is 3.05. The van der Waals surface area contributed by atoms with Crippen LogP contribution >= 0.6 is 0 Å². The van der Waals surface area contributed by atoms with Gasteiger partial charge >= 0.3 is 0 Å². The molecule has 0 bridgehead atoms. The molecule has 1 fully saturated rings. The van der Waals surface area contributed by atoms with E-state index in [1.54, 1.807) is 14.2 Å². The summed E-state index contributed by atoms with van der Waals surface area (Å²) in [6.45, 7) is 2.12. The van der Waals surface area contributed by atoms with Crippen molar-refractivity contribution in [1.29, 1.82) is 0 Å². The van der Waals surface area contributed by atoms with E-state index in [1.807, 2.05) is 18.2 Å². The first kappa shape index (κ1) is 16.1. The molecule has 0 amide bonds. The molecule has 1 aliphatic rings. The highest BCUT2D eigenvalue weighted by atomic mass is 16.5. The zero-order valence-electron chi connectivity index (χ0n) is 13.3. The van der Waals surface area contributed by atoms with Crippen molar-refractivity contribution in [2.24, 2.45) is 0 Å². The Hall–Kier alpha value is -1.26. The maximum atomic E-state index is 10.2. The van der Waals surface area contributed by atoms with Crippen LogP contribution in [-0.2, 0) is 0 Å². The summed E-state index contributed by atoms with van der Waals surface area (Å²) >= 11 is 0. The van der Waals surface area contributed by atoms with E-state index in [0.29, 0.717) is 0 Å². The maximum Gasteiger partial charge on any atom is 0.161 e. The molecular formula is C17H27NO3. The van der Waals surface area contributed by atoms with Gasteiger partial charge in [-0.1, -0.05) is 25.3 Å². The van der Waals surface area contributed by atoms with E-state index in [-0.39, 0.29) is 18.2 Å². The van der Waals surface area contributed by atoms with Gasteiger partial charge in [0, 0.05) is 12.1 Å². The Balaban J connectivity index is 2.06. The third-order valence-electron chi connectivity index (χ3n) is 4.35. The first-order valence-corrected chi connectivity index (χ1v) is 7.81. The lowest BCUT2D eigenvalue weighted by Gasteiger charge is -2.26. The maximum absolute atomic E-state index is 10.2. The van der Waals surface area contributed by atoms with Crippen LogP contribution in [0.15, 0.2) is 18.2 Å². The van der Waals surface area contributed by atoms with Crippen molar-refractivity contribution >= 4 is 0 Å². The topological polar surface area (TPSA) is 50.7 Å². The van der Waals surface area contributed by atoms with Crippen molar-refractivity contribution in [3.8, 4) is 11.5 Å². The largest absolute Gasteiger partial charge is 0.493 e. The molecule has 3 atom stereocenters. The monoisotopic (exact) mass is 293 g/mol. The predicted molar refractivity (Wildman–Crippen MR) is 84.0 cm³/mol. The Labute approximate surface area is 127 Å². The number of ether oxygens (including phenoxy) is 2. The van der Waals surface area contributed by atoms with Crippen LogP contribution in [0.5, 0.6) is 11.5 Å². The molecule has 1 aliphatic carbocycles. The van der Waals surface area contributed by atoms with Gasteiger partial charge in [0.25, 0.3) is 0 Å². The summed E-state index contributed by atoms with van der Waals surface area (Å²) in [5, 5.41) is 13.8. The zero-order valence-corrected chi connectivity index (χ0v) is 13.3. The van der Waals surface area contributed by atoms with E-state index >= 15 is 0 Å². The molecule has 4 heteroatoms. The first-order valence-electron chi connectivity index (χ1n) is 7.81. The first-order chi connectivity index (χ1) is 10.2. The summed E-state index contributed by atoms with van der Waals surface area (Å²) in [5.74, 6) is 1.48. The van der Waals surface area contributed by atoms with E-state index in [1.165, 1.54) is 12.8 Å². The van der Waals surface area contributed by atoms with Crippen molar-refractivity contribution < 1.29 is 14.6 Å². The van der Waals surface area contributed by atoms with Crippen LogP contribution < -0.4 is 14.8 Å². The number of hydrogen-bond donors (Lipinski definition) is 2. The minimum Gasteiger partial charge on any atom is -0.493 e. The number of hydrogen-bond acceptors (Lipinski definition) is 4. The van der Waals surface area contributed by atoms with E-state index in [0.717, 1.165) is 36.3 Å². The highest BCUT2D eigenvalue weighted by Gasteiger charge is 2.23. The lowest BCUT2D eigenvalue weighted by molar-refractivity contribution is 0.115. The van der Waals surface area contributed by atoms with Gasteiger partial charge in [0.05, 0.1) is 20.3 Å². The molecule has 1 saturated carbocycles. The van der Waals surface area contributed by atoms with Crippen molar-refractivity contribution in [1.82, 2.24) is 5.32 Å². The van der Waals surface area contributed by atoms with Crippen LogP contribution in [0.1, 0.15) is 50.6 Å². The van der Waals surface area contributed by atoms with Crippen molar-refractivity contribution in [2.75, 3.05) is 14.2 Å². The van der Waals surface area contributed by atoms with Crippen LogP contribution in [0.4, 0.5) is 0 Å². The quantitative estimate of drug-likeness (QED) is 0.819. The molecule has 2 N–H and O–H groups in total. The van der Waals surface area contributed by atoms with Crippen molar-refractivity contribution in [3.63, 3.8) is 0 Å². The fourth-order valence-electron chi connectivity index (χ4n) is 3.02. The third kappa shape index (κ3) is 4.11. The van der Waals surface area contributed by atoms with Crippen LogP contribution in [0.2, 0.25) is 0 Å². The fraction of sp³-hybridized carbons (Fsp3) is 0.647. The number of nitrogens with one attached hydrogen (secondary N) is 1. The molecule has 0 heterocycles. The summed E-state index contributed by atoms with van der Waals surface area (Å²) < 4.78 is 10.6. The summed E-state index contributed by atoms with van der Waals surface area (Å²) in [7, 11) is 3.29. The second-order valence-electron chi connectivity index (χ2n) is 5.81. The minimum atomic E-state index is -0.241. The molecule has 1 aromatic carbocycles. The molecule has 118 valence electrons. The summed E-state index contributed by atoms with van der Waals surface area (Å²) in [6, 6.07) is 6.32. The summed E-state index contributed by atoms with van der Waals surface area (Å²) in [4.78, 5) is 0. The number of aliphatic hydroxyl groups excluding tert-OH is 1. The van der Waals surface area contributed by atoms with Gasteiger partial charge in [-0.25, -0.2) is 0 Å². The van der Waals surface area contributed by atoms with Gasteiger partial charge in [-0.05, 0) is 37.5 Å². The van der Waals surface area contributed by atoms with Crippen LogP contribution in [0.3, 0.4) is 0 Å². The molecule has 3 unspecified atom stereocenters. The highest BCUT2D eigenvalue weighted by molar-refractivity contribution is 5.43. The Bertz CT molecular complexity index is 450. The van der Waals surface area contributed by atoms with E-state index in [4.69, 9.17) is 9.47 Å². The third-order valence-corrected chi connectivity index (χ3v) is 4.35. The zero-order chi connectivity index (χ0) is 15.2. The Morgan fingerprint density at radius 2 is 1.81 bits per heavy atom. The molecule has 0 aromatic heterocycles. The van der Waals surface area contributed by atoms with Gasteiger partial charge in [0.15, 0.2) is 11.5 Å². The Morgan fingerprint density at radius 1 is 1.10 bits per heavy atom. The van der Waals surface area contributed by atoms with E-state index in [2.05, 4.69) is 12.2 Å². The Kier molecular flexibility index (Phi) is 5.88. The second-order valence-corrected chi connectivity index (χ2v) is 5.81. The van der Waals surface area contributed by atoms with Crippen molar-refractivity contribution in [2.45, 2.75) is 57.2 Å². The van der Waals surface area contributed by atoms with Gasteiger partial charge in [-0.2, -0.15) is 0 Å². The van der Waals surface area contributed by atoms with Crippen molar-refractivity contribution in [3.05, 3.63) is 23.8 Å². The number of rotatable bonds is 5. The number of aliphatic hydroxyl groups is 1. The SMILES string of the molecule is COc1ccc(C(C)NC2CCCCCC2O)cc1OC. The molecule has 0 saturated heterocycles. The lowest BCUT2D eigenvalue weighted by Crippen LogP contribution is -2.40. The average Bonchev–Trinajstić information content (AvgIpc) is 2.71. The molecule has 2 rings (SSSR count). The van der Waals surface area contributed by atoms with Crippen LogP contribution in [-0.4, -0.2) is 31.5 Å².